The molecule has 4 N–H and O–H groups in total. The summed E-state index contributed by atoms with van der Waals surface area (Å²) in [5, 5.41) is 16.1. The number of H-pyrrole nitrogens is 1. The summed E-state index contributed by atoms with van der Waals surface area (Å²) in [4.78, 5) is 24.0. The van der Waals surface area contributed by atoms with Gasteiger partial charge in [0.2, 0.25) is 5.91 Å². The van der Waals surface area contributed by atoms with Crippen LogP contribution in [0.3, 0.4) is 0 Å². The monoisotopic (exact) mass is 341 g/mol. The highest BCUT2D eigenvalue weighted by Gasteiger charge is 2.21. The van der Waals surface area contributed by atoms with E-state index in [1.54, 1.807) is 0 Å². The minimum absolute atomic E-state index is 0.0158. The van der Waals surface area contributed by atoms with Gasteiger partial charge in [0, 0.05) is 48.9 Å². The Bertz CT molecular complexity index is 764. The number of aromatic nitrogens is 2. The number of carbonyl (C=O) groups excluding carboxylic acids is 2. The largest absolute Gasteiger partial charge is 0.347 e. The molecule has 0 fully saturated rings. The maximum absolute atomic E-state index is 12.4. The average molecular weight is 341 g/mol. The molecule has 0 saturated carbocycles. The van der Waals surface area contributed by atoms with Gasteiger partial charge in [-0.25, -0.2) is 0 Å². The van der Waals surface area contributed by atoms with Crippen molar-refractivity contribution in [2.24, 2.45) is 5.92 Å². The molecule has 1 aliphatic heterocycles. The average Bonchev–Trinajstić information content (AvgIpc) is 3.05. The lowest BCUT2D eigenvalue weighted by molar-refractivity contribution is -0.118. The first-order valence-electron chi connectivity index (χ1n) is 8.49. The summed E-state index contributed by atoms with van der Waals surface area (Å²) in [7, 11) is 0. The molecule has 2 aromatic rings. The molecule has 7 nitrogen and oxygen atoms in total. The number of aromatic amines is 1. The normalized spacial score (nSPS) is 13.4. The van der Waals surface area contributed by atoms with E-state index in [4.69, 9.17) is 0 Å². The fourth-order valence-corrected chi connectivity index (χ4v) is 2.67. The predicted molar refractivity (Wildman–Crippen MR) is 95.1 cm³/mol. The van der Waals surface area contributed by atoms with Crippen molar-refractivity contribution >= 4 is 17.5 Å². The van der Waals surface area contributed by atoms with Crippen LogP contribution >= 0.6 is 0 Å². The van der Waals surface area contributed by atoms with Crippen LogP contribution in [0.15, 0.2) is 24.3 Å². The summed E-state index contributed by atoms with van der Waals surface area (Å²) in [6.45, 7) is 5.67. The third-order valence-corrected chi connectivity index (χ3v) is 4.22. The molecule has 0 unspecified atom stereocenters. The van der Waals surface area contributed by atoms with E-state index in [0.29, 0.717) is 18.8 Å². The Labute approximate surface area is 146 Å². The van der Waals surface area contributed by atoms with Gasteiger partial charge < -0.3 is 16.0 Å². The molecule has 0 spiro atoms. The van der Waals surface area contributed by atoms with Gasteiger partial charge in [-0.3, -0.25) is 14.7 Å². The fraction of sp³-hybridized carbons (Fsp3) is 0.389. The summed E-state index contributed by atoms with van der Waals surface area (Å²) in [6, 6.07) is 7.44. The highest BCUT2D eigenvalue weighted by atomic mass is 16.2. The molecule has 1 aliphatic rings. The van der Waals surface area contributed by atoms with Crippen molar-refractivity contribution in [1.29, 1.82) is 0 Å². The molecule has 0 aliphatic carbocycles. The molecular weight excluding hydrogens is 318 g/mol. The van der Waals surface area contributed by atoms with Gasteiger partial charge in [-0.15, -0.1) is 0 Å². The van der Waals surface area contributed by atoms with E-state index >= 15 is 0 Å². The van der Waals surface area contributed by atoms with Gasteiger partial charge in [0.15, 0.2) is 5.69 Å². The van der Waals surface area contributed by atoms with Crippen molar-refractivity contribution in [2.45, 2.75) is 33.4 Å². The molecule has 0 bridgehead atoms. The van der Waals surface area contributed by atoms with Crippen molar-refractivity contribution in [3.63, 3.8) is 0 Å². The number of benzene rings is 1. The number of hydrogen-bond acceptors (Lipinski definition) is 4. The Balaban J connectivity index is 1.57. The van der Waals surface area contributed by atoms with Crippen molar-refractivity contribution in [2.75, 3.05) is 11.9 Å². The molecule has 7 heteroatoms. The van der Waals surface area contributed by atoms with Gasteiger partial charge in [-0.05, 0) is 17.7 Å². The first-order valence-corrected chi connectivity index (χ1v) is 8.49. The summed E-state index contributed by atoms with van der Waals surface area (Å²) in [5.41, 5.74) is 4.16. The SMILES string of the molecule is CC(C)C(=O)Nc1ccc(CNC(=O)c2n[nH]c3c2CNCC3)cc1. The van der Waals surface area contributed by atoms with E-state index in [1.807, 2.05) is 38.1 Å². The topological polar surface area (TPSA) is 98.9 Å². The number of carbonyl (C=O) groups is 2. The minimum atomic E-state index is -0.182. The molecule has 2 heterocycles. The standard InChI is InChI=1S/C18H23N5O2/c1-11(2)17(24)21-13-5-3-12(4-6-13)9-20-18(25)16-14-10-19-8-7-15(14)22-23-16/h3-6,11,19H,7-10H2,1-2H3,(H,20,25)(H,21,24)(H,22,23). The van der Waals surface area contributed by atoms with E-state index in [2.05, 4.69) is 26.1 Å². The van der Waals surface area contributed by atoms with Crippen LogP contribution < -0.4 is 16.0 Å². The van der Waals surface area contributed by atoms with Crippen LogP contribution in [-0.4, -0.2) is 28.6 Å². The van der Waals surface area contributed by atoms with Crippen molar-refractivity contribution in [3.8, 4) is 0 Å². The third kappa shape index (κ3) is 4.06. The predicted octanol–water partition coefficient (Wildman–Crippen LogP) is 1.58. The molecule has 0 atom stereocenters. The molecule has 1 aromatic carbocycles. The summed E-state index contributed by atoms with van der Waals surface area (Å²) < 4.78 is 0. The van der Waals surface area contributed by atoms with Crippen LogP contribution in [0.1, 0.15) is 41.2 Å². The molecule has 3 rings (SSSR count). The zero-order valence-electron chi connectivity index (χ0n) is 14.5. The summed E-state index contributed by atoms with van der Waals surface area (Å²) in [5.74, 6) is -0.260. The van der Waals surface area contributed by atoms with Gasteiger partial charge >= 0.3 is 0 Å². The maximum Gasteiger partial charge on any atom is 0.272 e. The molecule has 2 amide bonds. The maximum atomic E-state index is 12.4. The lowest BCUT2D eigenvalue weighted by atomic mass is 10.1. The Hall–Kier alpha value is -2.67. The Kier molecular flexibility index (Phi) is 5.14. The van der Waals surface area contributed by atoms with Gasteiger partial charge in [0.05, 0.1) is 0 Å². The van der Waals surface area contributed by atoms with Gasteiger partial charge in [-0.2, -0.15) is 5.10 Å². The van der Waals surface area contributed by atoms with Crippen molar-refractivity contribution < 1.29 is 9.59 Å². The second-order valence-electron chi connectivity index (χ2n) is 6.48. The van der Waals surface area contributed by atoms with Crippen LogP contribution in [0.4, 0.5) is 5.69 Å². The zero-order valence-corrected chi connectivity index (χ0v) is 14.5. The molecule has 0 radical (unpaired) electrons. The minimum Gasteiger partial charge on any atom is -0.347 e. The van der Waals surface area contributed by atoms with Crippen LogP contribution in [0.2, 0.25) is 0 Å². The number of fused-ring (bicyclic) bond motifs is 1. The number of nitrogens with zero attached hydrogens (tertiary/aromatic N) is 1. The molecular formula is C18H23N5O2. The molecule has 1 aromatic heterocycles. The quantitative estimate of drug-likeness (QED) is 0.663. The zero-order chi connectivity index (χ0) is 17.8. The van der Waals surface area contributed by atoms with E-state index in [0.717, 1.165) is 35.5 Å². The first kappa shape index (κ1) is 17.2. The van der Waals surface area contributed by atoms with Gasteiger partial charge in [0.25, 0.3) is 5.91 Å². The van der Waals surface area contributed by atoms with E-state index in [-0.39, 0.29) is 17.7 Å². The van der Waals surface area contributed by atoms with Crippen molar-refractivity contribution in [3.05, 3.63) is 46.8 Å². The Morgan fingerprint density at radius 2 is 2.00 bits per heavy atom. The second-order valence-corrected chi connectivity index (χ2v) is 6.48. The van der Waals surface area contributed by atoms with Crippen molar-refractivity contribution in [1.82, 2.24) is 20.8 Å². The van der Waals surface area contributed by atoms with Crippen LogP contribution in [0, 0.1) is 5.92 Å². The lowest BCUT2D eigenvalue weighted by Gasteiger charge is -2.13. The van der Waals surface area contributed by atoms with E-state index < -0.39 is 0 Å². The molecule has 25 heavy (non-hydrogen) atoms. The lowest BCUT2D eigenvalue weighted by Crippen LogP contribution is -2.28. The van der Waals surface area contributed by atoms with Crippen LogP contribution in [0.25, 0.3) is 0 Å². The van der Waals surface area contributed by atoms with Crippen LogP contribution in [0.5, 0.6) is 0 Å². The third-order valence-electron chi connectivity index (χ3n) is 4.22. The second kappa shape index (κ2) is 7.48. The number of amides is 2. The number of anilines is 1. The number of hydrogen-bond donors (Lipinski definition) is 4. The number of nitrogens with one attached hydrogen (secondary N) is 4. The summed E-state index contributed by atoms with van der Waals surface area (Å²) in [6.07, 6.45) is 0.860. The highest BCUT2D eigenvalue weighted by Crippen LogP contribution is 2.15. The molecule has 132 valence electrons. The Morgan fingerprint density at radius 1 is 1.24 bits per heavy atom. The smallest absolute Gasteiger partial charge is 0.272 e. The molecule has 0 saturated heterocycles. The summed E-state index contributed by atoms with van der Waals surface area (Å²) >= 11 is 0. The van der Waals surface area contributed by atoms with E-state index in [9.17, 15) is 9.59 Å². The van der Waals surface area contributed by atoms with Crippen LogP contribution in [-0.2, 0) is 24.3 Å². The van der Waals surface area contributed by atoms with E-state index in [1.165, 1.54) is 0 Å². The highest BCUT2D eigenvalue weighted by molar-refractivity contribution is 5.94. The van der Waals surface area contributed by atoms with Gasteiger partial charge in [-0.1, -0.05) is 26.0 Å². The Morgan fingerprint density at radius 3 is 2.72 bits per heavy atom. The fourth-order valence-electron chi connectivity index (χ4n) is 2.67. The number of rotatable bonds is 5. The first-order chi connectivity index (χ1) is 12.0. The van der Waals surface area contributed by atoms with Gasteiger partial charge in [0.1, 0.15) is 0 Å².